The molecule has 5 rings (SSSR count). The first kappa shape index (κ1) is 20.0. The minimum atomic E-state index is -1.21. The van der Waals surface area contributed by atoms with Gasteiger partial charge >= 0.3 is 0 Å². The normalized spacial score (nSPS) is 27.7. The number of piperazine rings is 1. The fourth-order valence-corrected chi connectivity index (χ4v) is 5.18. The Morgan fingerprint density at radius 1 is 0.806 bits per heavy atom. The quantitative estimate of drug-likeness (QED) is 0.685. The molecule has 3 aliphatic heterocycles. The molecule has 0 spiro atoms. The maximum absolute atomic E-state index is 13.2. The summed E-state index contributed by atoms with van der Waals surface area (Å²) in [6, 6.07) is 20.9. The van der Waals surface area contributed by atoms with Crippen LogP contribution in [0.25, 0.3) is 0 Å². The number of hydrogen-bond donors (Lipinski definition) is 0. The summed E-state index contributed by atoms with van der Waals surface area (Å²) in [5.74, 6) is -2.93. The van der Waals surface area contributed by atoms with E-state index in [2.05, 4.69) is 29.2 Å². The van der Waals surface area contributed by atoms with Gasteiger partial charge in [0, 0.05) is 38.1 Å². The molecule has 2 saturated heterocycles. The lowest BCUT2D eigenvalue weighted by atomic mass is 9.82. The number of amides is 1. The molecule has 2 aromatic carbocycles. The molecule has 3 heterocycles. The summed E-state index contributed by atoms with van der Waals surface area (Å²) in [4.78, 5) is 29.0. The van der Waals surface area contributed by atoms with Gasteiger partial charge in [-0.25, -0.2) is 0 Å². The van der Waals surface area contributed by atoms with Gasteiger partial charge in [-0.3, -0.25) is 9.69 Å². The van der Waals surface area contributed by atoms with Crippen molar-refractivity contribution in [2.75, 3.05) is 26.2 Å². The molecule has 6 heteroatoms. The molecular formula is C25H25N2O4-. The zero-order chi connectivity index (χ0) is 21.4. The Bertz CT molecular complexity index is 930. The van der Waals surface area contributed by atoms with Gasteiger partial charge in [0.2, 0.25) is 5.91 Å². The number of carbonyl (C=O) groups excluding carboxylic acids is 2. The van der Waals surface area contributed by atoms with Crippen molar-refractivity contribution in [2.45, 2.75) is 18.2 Å². The van der Waals surface area contributed by atoms with Gasteiger partial charge in [0.25, 0.3) is 0 Å². The van der Waals surface area contributed by atoms with Crippen molar-refractivity contribution in [3.8, 4) is 0 Å². The van der Waals surface area contributed by atoms with Crippen LogP contribution in [-0.2, 0) is 14.3 Å². The summed E-state index contributed by atoms with van der Waals surface area (Å²) in [6.07, 6.45) is 2.53. The third-order valence-corrected chi connectivity index (χ3v) is 6.68. The van der Waals surface area contributed by atoms with Crippen LogP contribution in [0.15, 0.2) is 72.8 Å². The van der Waals surface area contributed by atoms with Crippen LogP contribution in [0.1, 0.15) is 17.2 Å². The van der Waals surface area contributed by atoms with Gasteiger partial charge in [-0.05, 0) is 11.1 Å². The molecule has 31 heavy (non-hydrogen) atoms. The monoisotopic (exact) mass is 417 g/mol. The molecule has 4 unspecified atom stereocenters. The number of nitrogens with zero attached hydrogens (tertiary/aromatic N) is 2. The summed E-state index contributed by atoms with van der Waals surface area (Å²) in [6.45, 7) is 2.56. The van der Waals surface area contributed by atoms with E-state index in [1.165, 1.54) is 11.1 Å². The lowest BCUT2D eigenvalue weighted by Crippen LogP contribution is -2.54. The van der Waals surface area contributed by atoms with Crippen molar-refractivity contribution in [2.24, 2.45) is 11.8 Å². The fourth-order valence-electron chi connectivity index (χ4n) is 5.18. The highest BCUT2D eigenvalue weighted by Crippen LogP contribution is 2.40. The van der Waals surface area contributed by atoms with Crippen molar-refractivity contribution in [3.05, 3.63) is 83.9 Å². The van der Waals surface area contributed by atoms with E-state index in [1.54, 1.807) is 11.0 Å². The Labute approximate surface area is 181 Å². The van der Waals surface area contributed by atoms with Gasteiger partial charge in [-0.15, -0.1) is 0 Å². The van der Waals surface area contributed by atoms with Gasteiger partial charge in [0.15, 0.2) is 0 Å². The maximum Gasteiger partial charge on any atom is 0.229 e. The molecule has 2 aromatic rings. The minimum absolute atomic E-state index is 0.115. The van der Waals surface area contributed by atoms with Crippen molar-refractivity contribution < 1.29 is 19.4 Å². The summed E-state index contributed by atoms with van der Waals surface area (Å²) in [5, 5.41) is 11.6. The van der Waals surface area contributed by atoms with Crippen LogP contribution in [0.2, 0.25) is 0 Å². The third kappa shape index (κ3) is 3.66. The zero-order valence-corrected chi connectivity index (χ0v) is 17.2. The number of carboxylic acid groups (broad SMARTS) is 1. The first-order chi connectivity index (χ1) is 15.1. The molecule has 4 atom stereocenters. The van der Waals surface area contributed by atoms with Crippen molar-refractivity contribution in [1.82, 2.24) is 9.80 Å². The second-order valence-corrected chi connectivity index (χ2v) is 8.41. The first-order valence-electron chi connectivity index (χ1n) is 10.8. The van der Waals surface area contributed by atoms with E-state index in [4.69, 9.17) is 4.74 Å². The Morgan fingerprint density at radius 3 is 1.84 bits per heavy atom. The van der Waals surface area contributed by atoms with E-state index in [1.807, 2.05) is 42.5 Å². The molecule has 0 N–H and O–H groups in total. The largest absolute Gasteiger partial charge is 0.550 e. The van der Waals surface area contributed by atoms with Gasteiger partial charge in [-0.1, -0.05) is 72.8 Å². The van der Waals surface area contributed by atoms with Crippen LogP contribution in [0.4, 0.5) is 0 Å². The zero-order valence-electron chi connectivity index (χ0n) is 17.2. The second kappa shape index (κ2) is 8.29. The molecule has 1 amide bonds. The van der Waals surface area contributed by atoms with Crippen LogP contribution >= 0.6 is 0 Å². The Kier molecular flexibility index (Phi) is 5.34. The van der Waals surface area contributed by atoms with E-state index in [0.717, 1.165) is 0 Å². The van der Waals surface area contributed by atoms with Crippen LogP contribution in [-0.4, -0.2) is 60.1 Å². The Morgan fingerprint density at radius 2 is 1.32 bits per heavy atom. The van der Waals surface area contributed by atoms with Gasteiger partial charge in [0.05, 0.1) is 24.2 Å². The number of carboxylic acids is 1. The van der Waals surface area contributed by atoms with Crippen molar-refractivity contribution >= 4 is 11.9 Å². The topological polar surface area (TPSA) is 72.9 Å². The molecule has 2 bridgehead atoms. The van der Waals surface area contributed by atoms with Gasteiger partial charge in [-0.2, -0.15) is 0 Å². The Balaban J connectivity index is 1.32. The van der Waals surface area contributed by atoms with Crippen LogP contribution in [0.5, 0.6) is 0 Å². The van der Waals surface area contributed by atoms with Crippen molar-refractivity contribution in [1.29, 1.82) is 0 Å². The molecule has 0 aliphatic carbocycles. The predicted octanol–water partition coefficient (Wildman–Crippen LogP) is 1.24. The lowest BCUT2D eigenvalue weighted by molar-refractivity contribution is -0.313. The molecule has 160 valence electrons. The minimum Gasteiger partial charge on any atom is -0.550 e. The van der Waals surface area contributed by atoms with E-state index in [9.17, 15) is 14.7 Å². The number of hydrogen-bond acceptors (Lipinski definition) is 5. The van der Waals surface area contributed by atoms with Crippen molar-refractivity contribution in [3.63, 3.8) is 0 Å². The average molecular weight is 417 g/mol. The average Bonchev–Trinajstić information content (AvgIpc) is 3.43. The van der Waals surface area contributed by atoms with E-state index >= 15 is 0 Å². The number of fused-ring (bicyclic) bond motifs is 2. The van der Waals surface area contributed by atoms with Gasteiger partial charge in [0.1, 0.15) is 0 Å². The first-order valence-corrected chi connectivity index (χ1v) is 10.8. The van der Waals surface area contributed by atoms with E-state index in [-0.39, 0.29) is 11.9 Å². The summed E-state index contributed by atoms with van der Waals surface area (Å²) < 4.78 is 5.66. The summed E-state index contributed by atoms with van der Waals surface area (Å²) >= 11 is 0. The number of benzene rings is 2. The standard InChI is InChI=1S/C25H26N2O4/c28-24(21-19-11-12-20(31-19)22(21)25(29)30)27-15-13-26(14-16-27)23(17-7-3-1-4-8-17)18-9-5-2-6-10-18/h1-12,19-23H,13-16H2,(H,29,30)/p-1. The molecule has 0 radical (unpaired) electrons. The molecule has 0 aromatic heterocycles. The smallest absolute Gasteiger partial charge is 0.229 e. The highest BCUT2D eigenvalue weighted by atomic mass is 16.5. The molecule has 6 nitrogen and oxygen atoms in total. The highest BCUT2D eigenvalue weighted by Gasteiger charge is 2.51. The summed E-state index contributed by atoms with van der Waals surface area (Å²) in [7, 11) is 0. The van der Waals surface area contributed by atoms with Gasteiger partial charge < -0.3 is 19.5 Å². The number of aliphatic carboxylic acids is 1. The molecule has 2 fully saturated rings. The predicted molar refractivity (Wildman–Crippen MR) is 113 cm³/mol. The van der Waals surface area contributed by atoms with Crippen LogP contribution in [0.3, 0.4) is 0 Å². The summed E-state index contributed by atoms with van der Waals surface area (Å²) in [5.41, 5.74) is 2.44. The highest BCUT2D eigenvalue weighted by molar-refractivity contribution is 5.86. The number of ether oxygens (including phenoxy) is 1. The van der Waals surface area contributed by atoms with E-state index in [0.29, 0.717) is 26.2 Å². The number of rotatable bonds is 5. The second-order valence-electron chi connectivity index (χ2n) is 8.41. The number of carbonyl (C=O) groups is 2. The maximum atomic E-state index is 13.2. The SMILES string of the molecule is O=C([O-])C1C2C=CC(O2)C1C(=O)N1CCN(C(c2ccccc2)c2ccccc2)CC1. The van der Waals surface area contributed by atoms with Crippen LogP contribution in [0, 0.1) is 11.8 Å². The van der Waals surface area contributed by atoms with Crippen LogP contribution < -0.4 is 5.11 Å². The molecular weight excluding hydrogens is 392 g/mol. The third-order valence-electron chi connectivity index (χ3n) is 6.68. The lowest BCUT2D eigenvalue weighted by Gasteiger charge is -2.41. The Hall–Kier alpha value is -2.96. The molecule has 0 saturated carbocycles. The molecule has 3 aliphatic rings. The fraction of sp³-hybridized carbons (Fsp3) is 0.360. The van der Waals surface area contributed by atoms with E-state index < -0.39 is 30.0 Å².